The van der Waals surface area contributed by atoms with Crippen LogP contribution in [0.2, 0.25) is 0 Å². The highest BCUT2D eigenvalue weighted by atomic mass is 32.1. The summed E-state index contributed by atoms with van der Waals surface area (Å²) in [5.74, 6) is 0.199. The molecule has 1 fully saturated rings. The number of hydrogen-bond acceptors (Lipinski definition) is 9. The van der Waals surface area contributed by atoms with Crippen LogP contribution >= 0.6 is 22.7 Å². The number of rotatable bonds is 6. The number of nitrogens with one attached hydrogen (secondary N) is 1. The van der Waals surface area contributed by atoms with Crippen LogP contribution in [-0.2, 0) is 11.3 Å². The number of carbonyl (C=O) groups is 1. The number of anilines is 2. The van der Waals surface area contributed by atoms with Gasteiger partial charge in [-0.25, -0.2) is 14.5 Å². The van der Waals surface area contributed by atoms with E-state index in [9.17, 15) is 4.79 Å². The molecule has 3 aromatic heterocycles. The van der Waals surface area contributed by atoms with Crippen LogP contribution in [-0.4, -0.2) is 31.2 Å². The van der Waals surface area contributed by atoms with E-state index in [1.54, 1.807) is 4.68 Å². The van der Waals surface area contributed by atoms with Crippen LogP contribution in [0.25, 0.3) is 9.53 Å². The van der Waals surface area contributed by atoms with Gasteiger partial charge in [0, 0.05) is 5.69 Å². The molecule has 0 atom stereocenters. The second-order valence-electron chi connectivity index (χ2n) is 6.14. The van der Waals surface area contributed by atoms with E-state index in [0.717, 1.165) is 33.2 Å². The molecule has 1 aromatic carbocycles. The van der Waals surface area contributed by atoms with Gasteiger partial charge in [0.2, 0.25) is 0 Å². The van der Waals surface area contributed by atoms with Crippen molar-refractivity contribution in [3.05, 3.63) is 47.1 Å². The number of aromatic nitrogens is 5. The smallest absolute Gasteiger partial charge is 0.348 e. The zero-order chi connectivity index (χ0) is 18.2. The highest BCUT2D eigenvalue weighted by Crippen LogP contribution is 2.35. The first kappa shape index (κ1) is 16.3. The van der Waals surface area contributed by atoms with Crippen molar-refractivity contribution in [2.45, 2.75) is 25.5 Å². The lowest BCUT2D eigenvalue weighted by Crippen LogP contribution is -2.09. The summed E-state index contributed by atoms with van der Waals surface area (Å²) in [6.45, 7) is 0.0716. The molecule has 8 nitrogen and oxygen atoms in total. The van der Waals surface area contributed by atoms with Gasteiger partial charge < -0.3 is 10.1 Å². The third-order valence-electron chi connectivity index (χ3n) is 4.10. The Labute approximate surface area is 161 Å². The molecular formula is C17H14N6O2S2. The summed E-state index contributed by atoms with van der Waals surface area (Å²) in [5, 5.41) is 15.6. The number of para-hydroxylation sites is 1. The van der Waals surface area contributed by atoms with Crippen molar-refractivity contribution in [3.63, 3.8) is 0 Å². The first-order valence-electron chi connectivity index (χ1n) is 8.42. The molecule has 5 rings (SSSR count). The maximum absolute atomic E-state index is 12.4. The van der Waals surface area contributed by atoms with Crippen molar-refractivity contribution < 1.29 is 9.53 Å². The van der Waals surface area contributed by atoms with E-state index in [0.29, 0.717) is 16.7 Å². The lowest BCUT2D eigenvalue weighted by atomic mass is 10.3. The molecule has 1 aliphatic rings. The maximum Gasteiger partial charge on any atom is 0.348 e. The van der Waals surface area contributed by atoms with Gasteiger partial charge in [-0.05, 0) is 41.5 Å². The second kappa shape index (κ2) is 6.71. The van der Waals surface area contributed by atoms with Gasteiger partial charge in [-0.3, -0.25) is 0 Å². The number of fused-ring (bicyclic) bond motifs is 1. The number of hydrogen-bond donors (Lipinski definition) is 1. The number of benzene rings is 1. The van der Waals surface area contributed by atoms with Gasteiger partial charge in [0.1, 0.15) is 9.71 Å². The zero-order valence-corrected chi connectivity index (χ0v) is 15.7. The topological polar surface area (TPSA) is 94.8 Å². The SMILES string of the molecule is O=C(OCc1nnnn1C1CC1)c1cc2sc(Nc3ccccc3)nc2s1. The molecule has 10 heteroatoms. The average molecular weight is 398 g/mol. The fourth-order valence-electron chi connectivity index (χ4n) is 2.65. The molecule has 0 amide bonds. The lowest BCUT2D eigenvalue weighted by molar-refractivity contribution is 0.0462. The predicted molar refractivity (Wildman–Crippen MR) is 102 cm³/mol. The predicted octanol–water partition coefficient (Wildman–Crippen LogP) is 3.78. The van der Waals surface area contributed by atoms with Crippen molar-refractivity contribution >= 4 is 49.0 Å². The largest absolute Gasteiger partial charge is 0.453 e. The summed E-state index contributed by atoms with van der Waals surface area (Å²) in [6.07, 6.45) is 2.14. The van der Waals surface area contributed by atoms with Crippen LogP contribution in [0.1, 0.15) is 34.4 Å². The van der Waals surface area contributed by atoms with E-state index >= 15 is 0 Å². The molecule has 0 aliphatic heterocycles. The van der Waals surface area contributed by atoms with E-state index in [4.69, 9.17) is 4.74 Å². The van der Waals surface area contributed by atoms with Crippen LogP contribution in [0, 0.1) is 0 Å². The normalized spacial score (nSPS) is 13.8. The number of thiophene rings is 1. The quantitative estimate of drug-likeness (QED) is 0.494. The third-order valence-corrected chi connectivity index (χ3v) is 6.16. The first-order chi connectivity index (χ1) is 13.3. The average Bonchev–Trinajstić information content (AvgIpc) is 3.10. The third kappa shape index (κ3) is 3.40. The Hall–Kier alpha value is -2.85. The summed E-state index contributed by atoms with van der Waals surface area (Å²) in [7, 11) is 0. The molecule has 0 unspecified atom stereocenters. The lowest BCUT2D eigenvalue weighted by Gasteiger charge is -2.03. The van der Waals surface area contributed by atoms with E-state index < -0.39 is 0 Å². The second-order valence-corrected chi connectivity index (χ2v) is 8.20. The van der Waals surface area contributed by atoms with Crippen molar-refractivity contribution in [2.75, 3.05) is 5.32 Å². The van der Waals surface area contributed by atoms with E-state index in [2.05, 4.69) is 25.8 Å². The molecular weight excluding hydrogens is 384 g/mol. The van der Waals surface area contributed by atoms with Gasteiger partial charge in [-0.15, -0.1) is 16.4 Å². The molecule has 0 spiro atoms. The Morgan fingerprint density at radius 2 is 2.11 bits per heavy atom. The summed E-state index contributed by atoms with van der Waals surface area (Å²) in [6, 6.07) is 12.0. The Balaban J connectivity index is 1.26. The molecule has 0 radical (unpaired) electrons. The van der Waals surface area contributed by atoms with Crippen molar-refractivity contribution in [1.29, 1.82) is 0 Å². The number of tetrazole rings is 1. The minimum absolute atomic E-state index is 0.0716. The van der Waals surface area contributed by atoms with Crippen LogP contribution in [0.5, 0.6) is 0 Å². The van der Waals surface area contributed by atoms with Gasteiger partial charge in [0.25, 0.3) is 0 Å². The number of thiazole rings is 1. The Morgan fingerprint density at radius 1 is 1.26 bits per heavy atom. The molecule has 0 saturated heterocycles. The Kier molecular flexibility index (Phi) is 4.06. The monoisotopic (exact) mass is 398 g/mol. The van der Waals surface area contributed by atoms with E-state index in [1.165, 1.54) is 22.7 Å². The molecule has 136 valence electrons. The van der Waals surface area contributed by atoms with Gasteiger partial charge in [0.15, 0.2) is 17.6 Å². The summed E-state index contributed by atoms with van der Waals surface area (Å²) in [4.78, 5) is 18.2. The van der Waals surface area contributed by atoms with E-state index in [1.807, 2.05) is 36.4 Å². The van der Waals surface area contributed by atoms with Crippen molar-refractivity contribution in [3.8, 4) is 0 Å². The molecule has 1 aliphatic carbocycles. The van der Waals surface area contributed by atoms with Gasteiger partial charge >= 0.3 is 5.97 Å². The number of ether oxygens (including phenoxy) is 1. The molecule has 3 heterocycles. The van der Waals surface area contributed by atoms with Gasteiger partial charge in [-0.1, -0.05) is 29.5 Å². The minimum Gasteiger partial charge on any atom is -0.453 e. The highest BCUT2D eigenvalue weighted by Gasteiger charge is 2.28. The van der Waals surface area contributed by atoms with Gasteiger partial charge in [-0.2, -0.15) is 0 Å². The summed E-state index contributed by atoms with van der Waals surface area (Å²) in [5.41, 5.74) is 0.979. The van der Waals surface area contributed by atoms with Crippen LogP contribution in [0.15, 0.2) is 36.4 Å². The number of carbonyl (C=O) groups excluding carboxylic acids is 1. The highest BCUT2D eigenvalue weighted by molar-refractivity contribution is 7.29. The molecule has 4 aromatic rings. The fraction of sp³-hybridized carbons (Fsp3) is 0.235. The van der Waals surface area contributed by atoms with Crippen molar-refractivity contribution in [2.24, 2.45) is 0 Å². The molecule has 1 N–H and O–H groups in total. The Bertz CT molecular complexity index is 1070. The van der Waals surface area contributed by atoms with Crippen LogP contribution in [0.4, 0.5) is 10.8 Å². The van der Waals surface area contributed by atoms with Gasteiger partial charge in [0.05, 0.1) is 10.7 Å². The number of nitrogens with zero attached hydrogens (tertiary/aromatic N) is 5. The standard InChI is InChI=1S/C17H14N6O2S2/c24-16(25-9-14-20-21-22-23(14)11-6-7-11)13-8-12-15(26-13)19-17(27-12)18-10-4-2-1-3-5-10/h1-5,8,11H,6-7,9H2,(H,18,19). The first-order valence-corrected chi connectivity index (χ1v) is 10.1. The molecule has 0 bridgehead atoms. The maximum atomic E-state index is 12.4. The van der Waals surface area contributed by atoms with Crippen LogP contribution in [0.3, 0.4) is 0 Å². The fourth-order valence-corrected chi connectivity index (χ4v) is 4.68. The number of esters is 1. The van der Waals surface area contributed by atoms with E-state index in [-0.39, 0.29) is 12.6 Å². The Morgan fingerprint density at radius 3 is 2.89 bits per heavy atom. The zero-order valence-electron chi connectivity index (χ0n) is 14.0. The molecule has 27 heavy (non-hydrogen) atoms. The summed E-state index contributed by atoms with van der Waals surface area (Å²) < 4.78 is 8.08. The van der Waals surface area contributed by atoms with Crippen molar-refractivity contribution in [1.82, 2.24) is 25.2 Å². The molecule has 1 saturated carbocycles. The summed E-state index contributed by atoms with van der Waals surface area (Å²) >= 11 is 2.83. The van der Waals surface area contributed by atoms with Crippen LogP contribution < -0.4 is 5.32 Å². The minimum atomic E-state index is -0.381.